The topological polar surface area (TPSA) is 46.8 Å². The Balaban J connectivity index is 1.81. The molecule has 1 saturated heterocycles. The molecule has 1 aromatic carbocycles. The van der Waals surface area contributed by atoms with E-state index in [4.69, 9.17) is 0 Å². The van der Waals surface area contributed by atoms with E-state index in [0.717, 1.165) is 17.4 Å². The standard InChI is InChI=1S/C20H29N5/c1-15-9-11-20(12-10-15,24-13-4-5-14-24)19-21-22-23-25(19)18-8-6-7-16(2)17(18)3/h6-8,15H,4-5,9-14H2,1-3H3. The van der Waals surface area contributed by atoms with E-state index in [2.05, 4.69) is 59.4 Å². The van der Waals surface area contributed by atoms with Gasteiger partial charge in [0.25, 0.3) is 0 Å². The van der Waals surface area contributed by atoms with Crippen molar-refractivity contribution in [3.05, 3.63) is 35.2 Å². The molecule has 0 spiro atoms. The highest BCUT2D eigenvalue weighted by Gasteiger charge is 2.46. The van der Waals surface area contributed by atoms with E-state index in [-0.39, 0.29) is 5.54 Å². The first-order valence-electron chi connectivity index (χ1n) is 9.72. The van der Waals surface area contributed by atoms with Gasteiger partial charge in [0.1, 0.15) is 0 Å². The second-order valence-electron chi connectivity index (χ2n) is 8.04. The van der Waals surface area contributed by atoms with Crippen molar-refractivity contribution < 1.29 is 0 Å². The Bertz CT molecular complexity index is 736. The molecule has 0 unspecified atom stereocenters. The summed E-state index contributed by atoms with van der Waals surface area (Å²) in [7, 11) is 0. The van der Waals surface area contributed by atoms with Crippen LogP contribution in [0.1, 0.15) is 62.4 Å². The Morgan fingerprint density at radius 2 is 1.80 bits per heavy atom. The summed E-state index contributed by atoms with van der Waals surface area (Å²) in [6.07, 6.45) is 7.44. The molecule has 0 amide bonds. The molecule has 4 rings (SSSR count). The lowest BCUT2D eigenvalue weighted by Crippen LogP contribution is -2.48. The molecule has 25 heavy (non-hydrogen) atoms. The molecule has 0 N–H and O–H groups in total. The lowest BCUT2D eigenvalue weighted by molar-refractivity contribution is 0.0455. The van der Waals surface area contributed by atoms with E-state index in [1.807, 2.05) is 4.68 Å². The van der Waals surface area contributed by atoms with Crippen LogP contribution in [0, 0.1) is 19.8 Å². The van der Waals surface area contributed by atoms with Gasteiger partial charge in [-0.15, -0.1) is 5.10 Å². The van der Waals surface area contributed by atoms with Crippen molar-refractivity contribution >= 4 is 0 Å². The van der Waals surface area contributed by atoms with E-state index < -0.39 is 0 Å². The van der Waals surface area contributed by atoms with Crippen molar-refractivity contribution in [2.75, 3.05) is 13.1 Å². The summed E-state index contributed by atoms with van der Waals surface area (Å²) in [6.45, 7) is 9.05. The van der Waals surface area contributed by atoms with Crippen LogP contribution >= 0.6 is 0 Å². The van der Waals surface area contributed by atoms with Crippen LogP contribution in [0.2, 0.25) is 0 Å². The third kappa shape index (κ3) is 2.78. The normalized spacial score (nSPS) is 27.7. The number of tetrazole rings is 1. The maximum absolute atomic E-state index is 4.59. The smallest absolute Gasteiger partial charge is 0.176 e. The Morgan fingerprint density at radius 3 is 2.52 bits per heavy atom. The van der Waals surface area contributed by atoms with Gasteiger partial charge < -0.3 is 0 Å². The quantitative estimate of drug-likeness (QED) is 0.854. The molecule has 0 atom stereocenters. The number of aromatic nitrogens is 4. The number of rotatable bonds is 3. The number of hydrogen-bond donors (Lipinski definition) is 0. The van der Waals surface area contributed by atoms with Gasteiger partial charge in [0.2, 0.25) is 0 Å². The summed E-state index contributed by atoms with van der Waals surface area (Å²) in [4.78, 5) is 2.67. The van der Waals surface area contributed by atoms with E-state index in [0.29, 0.717) is 0 Å². The molecule has 134 valence electrons. The predicted octanol–water partition coefficient (Wildman–Crippen LogP) is 3.78. The average molecular weight is 339 g/mol. The summed E-state index contributed by atoms with van der Waals surface area (Å²) in [5, 5.41) is 13.1. The number of benzene rings is 1. The van der Waals surface area contributed by atoms with Gasteiger partial charge in [0.15, 0.2) is 5.82 Å². The number of aryl methyl sites for hydroxylation is 1. The zero-order valence-electron chi connectivity index (χ0n) is 15.7. The van der Waals surface area contributed by atoms with E-state index in [9.17, 15) is 0 Å². The second-order valence-corrected chi connectivity index (χ2v) is 8.04. The molecular formula is C20H29N5. The molecule has 1 aliphatic heterocycles. The molecule has 5 heteroatoms. The largest absolute Gasteiger partial charge is 0.291 e. The van der Waals surface area contributed by atoms with Crippen LogP contribution in [0.3, 0.4) is 0 Å². The molecule has 0 bridgehead atoms. The third-order valence-corrected chi connectivity index (χ3v) is 6.50. The van der Waals surface area contributed by atoms with Crippen LogP contribution in [0.4, 0.5) is 0 Å². The maximum Gasteiger partial charge on any atom is 0.176 e. The van der Waals surface area contributed by atoms with Crippen LogP contribution in [0.15, 0.2) is 18.2 Å². The molecule has 1 aliphatic carbocycles. The third-order valence-electron chi connectivity index (χ3n) is 6.50. The number of likely N-dealkylation sites (tertiary alicyclic amines) is 1. The van der Waals surface area contributed by atoms with Gasteiger partial charge in [-0.25, -0.2) is 0 Å². The van der Waals surface area contributed by atoms with E-state index in [1.54, 1.807) is 0 Å². The molecule has 2 aliphatic rings. The fraction of sp³-hybridized carbons (Fsp3) is 0.650. The second kappa shape index (κ2) is 6.52. The number of hydrogen-bond acceptors (Lipinski definition) is 4. The van der Waals surface area contributed by atoms with Crippen molar-refractivity contribution in [3.63, 3.8) is 0 Å². The van der Waals surface area contributed by atoms with Gasteiger partial charge in [0.05, 0.1) is 11.2 Å². The molecule has 1 saturated carbocycles. The minimum atomic E-state index is 0.00267. The van der Waals surface area contributed by atoms with E-state index >= 15 is 0 Å². The van der Waals surface area contributed by atoms with Crippen LogP contribution in [0.5, 0.6) is 0 Å². The molecule has 1 aromatic heterocycles. The van der Waals surface area contributed by atoms with Gasteiger partial charge in [-0.3, -0.25) is 4.90 Å². The Kier molecular flexibility index (Phi) is 4.36. The van der Waals surface area contributed by atoms with Gasteiger partial charge in [0, 0.05) is 0 Å². The first-order chi connectivity index (χ1) is 12.1. The Labute approximate surface area is 150 Å². The maximum atomic E-state index is 4.59. The first kappa shape index (κ1) is 16.7. The van der Waals surface area contributed by atoms with Gasteiger partial charge in [-0.2, -0.15) is 4.68 Å². The molecule has 5 nitrogen and oxygen atoms in total. The zero-order chi connectivity index (χ0) is 17.4. The zero-order valence-corrected chi connectivity index (χ0v) is 15.7. The predicted molar refractivity (Wildman–Crippen MR) is 98.7 cm³/mol. The summed E-state index contributed by atoms with van der Waals surface area (Å²) in [5.41, 5.74) is 3.67. The van der Waals surface area contributed by atoms with Crippen molar-refractivity contribution in [2.24, 2.45) is 5.92 Å². The molecular weight excluding hydrogens is 310 g/mol. The van der Waals surface area contributed by atoms with Crippen molar-refractivity contribution in [3.8, 4) is 5.69 Å². The van der Waals surface area contributed by atoms with Gasteiger partial charge in [-0.1, -0.05) is 19.1 Å². The molecule has 2 aromatic rings. The average Bonchev–Trinajstić information content (AvgIpc) is 3.30. The highest BCUT2D eigenvalue weighted by atomic mass is 15.6. The van der Waals surface area contributed by atoms with Gasteiger partial charge in [-0.05, 0) is 99.0 Å². The fourth-order valence-electron chi connectivity index (χ4n) is 4.67. The highest BCUT2D eigenvalue weighted by Crippen LogP contribution is 2.45. The molecule has 2 heterocycles. The lowest BCUT2D eigenvalue weighted by atomic mass is 9.75. The van der Waals surface area contributed by atoms with Crippen LogP contribution in [0.25, 0.3) is 5.69 Å². The molecule has 2 fully saturated rings. The van der Waals surface area contributed by atoms with Crippen molar-refractivity contribution in [1.29, 1.82) is 0 Å². The van der Waals surface area contributed by atoms with Crippen molar-refractivity contribution in [1.82, 2.24) is 25.1 Å². The van der Waals surface area contributed by atoms with Crippen molar-refractivity contribution in [2.45, 2.75) is 64.8 Å². The summed E-state index contributed by atoms with van der Waals surface area (Å²) < 4.78 is 2.02. The minimum Gasteiger partial charge on any atom is -0.291 e. The van der Waals surface area contributed by atoms with Crippen LogP contribution in [-0.4, -0.2) is 38.2 Å². The lowest BCUT2D eigenvalue weighted by Gasteiger charge is -2.45. The SMILES string of the molecule is Cc1cccc(-n2nnnc2C2(N3CCCC3)CCC(C)CC2)c1C. The monoisotopic (exact) mass is 339 g/mol. The first-order valence-corrected chi connectivity index (χ1v) is 9.72. The van der Waals surface area contributed by atoms with Gasteiger partial charge >= 0.3 is 0 Å². The summed E-state index contributed by atoms with van der Waals surface area (Å²) in [6, 6.07) is 6.40. The Morgan fingerprint density at radius 1 is 1.08 bits per heavy atom. The van der Waals surface area contributed by atoms with E-state index in [1.165, 1.54) is 62.7 Å². The minimum absolute atomic E-state index is 0.00267. The molecule has 0 radical (unpaired) electrons. The van der Waals surface area contributed by atoms with Crippen LogP contribution < -0.4 is 0 Å². The number of nitrogens with zero attached hydrogens (tertiary/aromatic N) is 5. The highest BCUT2D eigenvalue weighted by molar-refractivity contribution is 5.44. The summed E-state index contributed by atoms with van der Waals surface area (Å²) >= 11 is 0. The Hall–Kier alpha value is -1.75. The summed E-state index contributed by atoms with van der Waals surface area (Å²) in [5.74, 6) is 1.86. The van der Waals surface area contributed by atoms with Crippen LogP contribution in [-0.2, 0) is 5.54 Å². The fourth-order valence-corrected chi connectivity index (χ4v) is 4.67.